The second-order valence-electron chi connectivity index (χ2n) is 6.50. The first-order chi connectivity index (χ1) is 13.0. The fraction of sp³-hybridized carbons (Fsp3) is 0.130. The van der Waals surface area contributed by atoms with Crippen molar-refractivity contribution in [1.29, 1.82) is 0 Å². The zero-order valence-corrected chi connectivity index (χ0v) is 16.4. The van der Waals surface area contributed by atoms with E-state index in [9.17, 15) is 8.42 Å². The van der Waals surface area contributed by atoms with Crippen molar-refractivity contribution in [2.45, 2.75) is 18.7 Å². The van der Waals surface area contributed by atoms with Crippen molar-refractivity contribution in [3.63, 3.8) is 0 Å². The summed E-state index contributed by atoms with van der Waals surface area (Å²) in [5.41, 5.74) is 3.80. The van der Waals surface area contributed by atoms with Crippen LogP contribution in [0.15, 0.2) is 89.8 Å². The highest BCUT2D eigenvalue weighted by Crippen LogP contribution is 2.24. The normalized spacial score (nSPS) is 11.6. The first kappa shape index (κ1) is 18.9. The molecule has 3 aromatic rings. The Morgan fingerprint density at radius 1 is 0.778 bits per heavy atom. The summed E-state index contributed by atoms with van der Waals surface area (Å²) >= 11 is 0. The number of hydrogen-bond acceptors (Lipinski definition) is 2. The number of nitrogens with zero attached hydrogens (tertiary/aromatic N) is 1. The van der Waals surface area contributed by atoms with Gasteiger partial charge in [0.05, 0.1) is 17.1 Å². The van der Waals surface area contributed by atoms with E-state index in [-0.39, 0.29) is 6.54 Å². The van der Waals surface area contributed by atoms with Crippen LogP contribution in [-0.2, 0) is 10.0 Å². The molecule has 0 atom stereocenters. The molecular formula is C23H23NO2S. The van der Waals surface area contributed by atoms with Gasteiger partial charge in [0, 0.05) is 0 Å². The topological polar surface area (TPSA) is 37.4 Å². The zero-order chi connectivity index (χ0) is 19.3. The van der Waals surface area contributed by atoms with Crippen molar-refractivity contribution in [2.75, 3.05) is 10.8 Å². The highest BCUT2D eigenvalue weighted by Gasteiger charge is 2.23. The lowest BCUT2D eigenvalue weighted by atomic mass is 10.2. The number of sulfonamides is 1. The van der Waals surface area contributed by atoms with Crippen molar-refractivity contribution in [2.24, 2.45) is 0 Å². The van der Waals surface area contributed by atoms with Crippen LogP contribution < -0.4 is 4.31 Å². The quantitative estimate of drug-likeness (QED) is 0.591. The zero-order valence-electron chi connectivity index (χ0n) is 15.5. The number of rotatable bonds is 6. The molecule has 0 heterocycles. The molecule has 0 unspecified atom stereocenters. The summed E-state index contributed by atoms with van der Waals surface area (Å²) in [4.78, 5) is 0.293. The molecule has 0 spiro atoms. The van der Waals surface area contributed by atoms with Gasteiger partial charge in [0.25, 0.3) is 10.0 Å². The minimum Gasteiger partial charge on any atom is -0.263 e. The molecule has 0 saturated carbocycles. The fourth-order valence-corrected chi connectivity index (χ4v) is 4.16. The number of anilines is 1. The summed E-state index contributed by atoms with van der Waals surface area (Å²) in [5, 5.41) is 0. The van der Waals surface area contributed by atoms with Crippen molar-refractivity contribution in [3.8, 4) is 0 Å². The van der Waals surface area contributed by atoms with Gasteiger partial charge in [-0.05, 0) is 43.7 Å². The molecule has 27 heavy (non-hydrogen) atoms. The Labute approximate surface area is 161 Å². The van der Waals surface area contributed by atoms with Crippen LogP contribution in [0, 0.1) is 13.8 Å². The first-order valence-electron chi connectivity index (χ1n) is 8.84. The second kappa shape index (κ2) is 8.23. The highest BCUT2D eigenvalue weighted by molar-refractivity contribution is 7.92. The largest absolute Gasteiger partial charge is 0.264 e. The van der Waals surface area contributed by atoms with Gasteiger partial charge in [0.2, 0.25) is 0 Å². The van der Waals surface area contributed by atoms with Gasteiger partial charge in [-0.25, -0.2) is 8.42 Å². The lowest BCUT2D eigenvalue weighted by Gasteiger charge is -2.23. The summed E-state index contributed by atoms with van der Waals surface area (Å²) in [6.45, 7) is 4.18. The standard InChI is InChI=1S/C23H23NO2S/c1-19-10-14-22(15-11-19)24(18-6-9-21-7-4-3-5-8-21)27(25,26)23-16-12-20(2)13-17-23/h3-17H,18H2,1-2H3. The van der Waals surface area contributed by atoms with E-state index in [0.717, 1.165) is 16.7 Å². The molecule has 4 heteroatoms. The fourth-order valence-electron chi connectivity index (χ4n) is 2.74. The molecule has 0 aliphatic carbocycles. The van der Waals surface area contributed by atoms with E-state index in [1.165, 1.54) is 4.31 Å². The third kappa shape index (κ3) is 4.66. The Hall–Kier alpha value is -2.85. The van der Waals surface area contributed by atoms with Crippen molar-refractivity contribution < 1.29 is 8.42 Å². The summed E-state index contributed by atoms with van der Waals surface area (Å²) in [5.74, 6) is 0. The van der Waals surface area contributed by atoms with Crippen LogP contribution in [0.1, 0.15) is 16.7 Å². The molecule has 3 aromatic carbocycles. The van der Waals surface area contributed by atoms with E-state index in [4.69, 9.17) is 0 Å². The van der Waals surface area contributed by atoms with Gasteiger partial charge in [-0.15, -0.1) is 0 Å². The Bertz CT molecular complexity index is 1010. The Morgan fingerprint density at radius 2 is 1.33 bits per heavy atom. The third-order valence-electron chi connectivity index (χ3n) is 4.31. The van der Waals surface area contributed by atoms with Crippen LogP contribution >= 0.6 is 0 Å². The lowest BCUT2D eigenvalue weighted by molar-refractivity contribution is 0.593. The molecule has 3 rings (SSSR count). The molecule has 0 aromatic heterocycles. The Kier molecular flexibility index (Phi) is 5.77. The van der Waals surface area contributed by atoms with E-state index >= 15 is 0 Å². The molecule has 138 valence electrons. The van der Waals surface area contributed by atoms with E-state index in [1.54, 1.807) is 12.1 Å². The van der Waals surface area contributed by atoms with Crippen molar-refractivity contribution in [3.05, 3.63) is 102 Å². The minimum atomic E-state index is -3.66. The van der Waals surface area contributed by atoms with Crippen LogP contribution in [-0.4, -0.2) is 15.0 Å². The molecule has 0 aliphatic heterocycles. The van der Waals surface area contributed by atoms with Crippen LogP contribution in [0.4, 0.5) is 5.69 Å². The molecule has 0 N–H and O–H groups in total. The summed E-state index contributed by atoms with van der Waals surface area (Å²) < 4.78 is 28.0. The van der Waals surface area contributed by atoms with Gasteiger partial charge >= 0.3 is 0 Å². The van der Waals surface area contributed by atoms with Crippen LogP contribution in [0.5, 0.6) is 0 Å². The van der Waals surface area contributed by atoms with E-state index in [0.29, 0.717) is 10.6 Å². The van der Waals surface area contributed by atoms with E-state index in [2.05, 4.69) is 0 Å². The molecule has 0 saturated heterocycles. The summed E-state index contributed by atoms with van der Waals surface area (Å²) in [7, 11) is -3.66. The van der Waals surface area contributed by atoms with Gasteiger partial charge in [0.15, 0.2) is 0 Å². The molecule has 0 radical (unpaired) electrons. The monoisotopic (exact) mass is 377 g/mol. The van der Waals surface area contributed by atoms with Crippen LogP contribution in [0.2, 0.25) is 0 Å². The van der Waals surface area contributed by atoms with Gasteiger partial charge in [-0.3, -0.25) is 4.31 Å². The maximum absolute atomic E-state index is 13.3. The smallest absolute Gasteiger partial charge is 0.263 e. The van der Waals surface area contributed by atoms with Crippen molar-refractivity contribution >= 4 is 21.8 Å². The molecular weight excluding hydrogens is 354 g/mol. The molecule has 3 nitrogen and oxygen atoms in total. The van der Waals surface area contributed by atoms with Crippen LogP contribution in [0.25, 0.3) is 6.08 Å². The van der Waals surface area contributed by atoms with E-state index < -0.39 is 10.0 Å². The summed E-state index contributed by atoms with van der Waals surface area (Å²) in [6.07, 6.45) is 3.81. The lowest BCUT2D eigenvalue weighted by Crippen LogP contribution is -2.31. The number of hydrogen-bond donors (Lipinski definition) is 0. The first-order valence-corrected chi connectivity index (χ1v) is 10.3. The average Bonchev–Trinajstić information content (AvgIpc) is 2.67. The SMILES string of the molecule is Cc1ccc(N(CC=Cc2ccccc2)S(=O)(=O)c2ccc(C)cc2)cc1. The van der Waals surface area contributed by atoms with E-state index in [1.807, 2.05) is 92.7 Å². The maximum atomic E-state index is 13.3. The highest BCUT2D eigenvalue weighted by atomic mass is 32.2. The average molecular weight is 378 g/mol. The number of aryl methyl sites for hydroxylation is 2. The Balaban J connectivity index is 1.95. The maximum Gasteiger partial charge on any atom is 0.264 e. The van der Waals surface area contributed by atoms with Gasteiger partial charge in [0.1, 0.15) is 0 Å². The molecule has 0 fully saturated rings. The van der Waals surface area contributed by atoms with Gasteiger partial charge in [-0.1, -0.05) is 77.9 Å². The molecule has 0 bridgehead atoms. The summed E-state index contributed by atoms with van der Waals surface area (Å²) in [6, 6.07) is 24.3. The van der Waals surface area contributed by atoms with Gasteiger partial charge in [-0.2, -0.15) is 0 Å². The predicted molar refractivity (Wildman–Crippen MR) is 112 cm³/mol. The minimum absolute atomic E-state index is 0.258. The van der Waals surface area contributed by atoms with Crippen LogP contribution in [0.3, 0.4) is 0 Å². The second-order valence-corrected chi connectivity index (χ2v) is 8.36. The third-order valence-corrected chi connectivity index (χ3v) is 6.12. The predicted octanol–water partition coefficient (Wildman–Crippen LogP) is 5.21. The molecule has 0 aliphatic rings. The van der Waals surface area contributed by atoms with Crippen molar-refractivity contribution in [1.82, 2.24) is 0 Å². The number of benzene rings is 3. The Morgan fingerprint density at radius 3 is 1.93 bits per heavy atom. The van der Waals surface area contributed by atoms with Gasteiger partial charge < -0.3 is 0 Å². The molecule has 0 amide bonds.